The lowest BCUT2D eigenvalue weighted by molar-refractivity contribution is -0.0605. The molecule has 1 aliphatic rings. The molecule has 0 spiro atoms. The molecule has 1 aliphatic heterocycles. The fraction of sp³-hybridized carbons (Fsp3) is 0.462. The van der Waals surface area contributed by atoms with Crippen molar-refractivity contribution in [3.8, 4) is 5.75 Å². The molecule has 3 N–H and O–H groups in total. The molecule has 5 nitrogen and oxygen atoms in total. The SMILES string of the molecule is O=C(NCC1(O)CCOCC1)c1cc(O)ccc1Cl. The van der Waals surface area contributed by atoms with Gasteiger partial charge in [-0.2, -0.15) is 0 Å². The van der Waals surface area contributed by atoms with Crippen LogP contribution in [-0.2, 0) is 4.74 Å². The smallest absolute Gasteiger partial charge is 0.253 e. The Morgan fingerprint density at radius 1 is 1.42 bits per heavy atom. The quantitative estimate of drug-likeness (QED) is 0.782. The number of hydrogen-bond donors (Lipinski definition) is 3. The minimum atomic E-state index is -0.933. The standard InChI is InChI=1S/C13H16ClNO4/c14-11-2-1-9(16)7-10(11)12(17)15-8-13(18)3-5-19-6-4-13/h1-2,7,16,18H,3-6,8H2,(H,15,17). The van der Waals surface area contributed by atoms with Crippen LogP contribution in [0.2, 0.25) is 5.02 Å². The molecular formula is C13H16ClNO4. The summed E-state index contributed by atoms with van der Waals surface area (Å²) in [5, 5.41) is 22.5. The third kappa shape index (κ3) is 3.59. The molecule has 1 saturated heterocycles. The summed E-state index contributed by atoms with van der Waals surface area (Å²) in [4.78, 5) is 12.0. The summed E-state index contributed by atoms with van der Waals surface area (Å²) in [6, 6.07) is 4.16. The second-order valence-corrected chi connectivity index (χ2v) is 5.09. The maximum absolute atomic E-state index is 12.0. The van der Waals surface area contributed by atoms with Crippen molar-refractivity contribution in [2.45, 2.75) is 18.4 Å². The van der Waals surface area contributed by atoms with Crippen LogP contribution >= 0.6 is 11.6 Å². The Labute approximate surface area is 116 Å². The van der Waals surface area contributed by atoms with Gasteiger partial charge in [-0.15, -0.1) is 0 Å². The van der Waals surface area contributed by atoms with Crippen LogP contribution in [0.1, 0.15) is 23.2 Å². The largest absolute Gasteiger partial charge is 0.508 e. The van der Waals surface area contributed by atoms with Gasteiger partial charge >= 0.3 is 0 Å². The van der Waals surface area contributed by atoms with E-state index in [1.54, 1.807) is 0 Å². The Morgan fingerprint density at radius 3 is 2.79 bits per heavy atom. The minimum Gasteiger partial charge on any atom is -0.508 e. The summed E-state index contributed by atoms with van der Waals surface area (Å²) in [7, 11) is 0. The summed E-state index contributed by atoms with van der Waals surface area (Å²) in [6.07, 6.45) is 0.974. The van der Waals surface area contributed by atoms with Crippen molar-refractivity contribution >= 4 is 17.5 Å². The molecule has 0 aromatic heterocycles. The molecule has 104 valence electrons. The lowest BCUT2D eigenvalue weighted by Crippen LogP contribution is -2.46. The molecule has 0 atom stereocenters. The van der Waals surface area contributed by atoms with Crippen LogP contribution in [0.25, 0.3) is 0 Å². The van der Waals surface area contributed by atoms with E-state index in [-0.39, 0.29) is 22.9 Å². The van der Waals surface area contributed by atoms with E-state index in [1.807, 2.05) is 0 Å². The number of nitrogens with one attached hydrogen (secondary N) is 1. The molecule has 0 aliphatic carbocycles. The molecule has 0 unspecified atom stereocenters. The predicted octanol–water partition coefficient (Wildman–Crippen LogP) is 1.32. The van der Waals surface area contributed by atoms with Crippen LogP contribution < -0.4 is 5.32 Å². The number of phenolic OH excluding ortho intramolecular Hbond substituents is 1. The van der Waals surface area contributed by atoms with Gasteiger partial charge in [0.1, 0.15) is 5.75 Å². The first-order valence-electron chi connectivity index (χ1n) is 6.07. The van der Waals surface area contributed by atoms with E-state index in [2.05, 4.69) is 5.32 Å². The average Bonchev–Trinajstić information content (AvgIpc) is 2.40. The first-order valence-corrected chi connectivity index (χ1v) is 6.45. The molecule has 0 radical (unpaired) electrons. The summed E-state index contributed by atoms with van der Waals surface area (Å²) < 4.78 is 5.16. The molecule has 6 heteroatoms. The first kappa shape index (κ1) is 14.1. The van der Waals surface area contributed by atoms with Crippen LogP contribution in [-0.4, -0.2) is 41.5 Å². The van der Waals surface area contributed by atoms with Crippen LogP contribution in [0.3, 0.4) is 0 Å². The summed E-state index contributed by atoms with van der Waals surface area (Å²) in [5.74, 6) is -0.444. The average molecular weight is 286 g/mol. The van der Waals surface area contributed by atoms with Crippen molar-refractivity contribution < 1.29 is 19.7 Å². The van der Waals surface area contributed by atoms with Gasteiger partial charge in [0.2, 0.25) is 0 Å². The van der Waals surface area contributed by atoms with Crippen LogP contribution in [0.4, 0.5) is 0 Å². The lowest BCUT2D eigenvalue weighted by atomic mass is 9.94. The lowest BCUT2D eigenvalue weighted by Gasteiger charge is -2.32. The fourth-order valence-corrected chi connectivity index (χ4v) is 2.16. The van der Waals surface area contributed by atoms with Gasteiger partial charge in [0, 0.05) is 32.6 Å². The number of aromatic hydroxyl groups is 1. The van der Waals surface area contributed by atoms with E-state index in [0.717, 1.165) is 0 Å². The molecule has 2 rings (SSSR count). The Kier molecular flexibility index (Phi) is 4.29. The second-order valence-electron chi connectivity index (χ2n) is 4.68. The molecule has 1 amide bonds. The van der Waals surface area contributed by atoms with Crippen molar-refractivity contribution in [1.29, 1.82) is 0 Å². The van der Waals surface area contributed by atoms with Gasteiger partial charge in [0.15, 0.2) is 0 Å². The van der Waals surface area contributed by atoms with Gasteiger partial charge in [-0.05, 0) is 18.2 Å². The van der Waals surface area contributed by atoms with Crippen LogP contribution in [0, 0.1) is 0 Å². The van der Waals surface area contributed by atoms with Gasteiger partial charge in [-0.25, -0.2) is 0 Å². The Bertz CT molecular complexity index is 472. The van der Waals surface area contributed by atoms with E-state index in [0.29, 0.717) is 26.1 Å². The van der Waals surface area contributed by atoms with E-state index < -0.39 is 11.5 Å². The van der Waals surface area contributed by atoms with Crippen molar-refractivity contribution in [2.75, 3.05) is 19.8 Å². The van der Waals surface area contributed by atoms with Crippen molar-refractivity contribution in [3.05, 3.63) is 28.8 Å². The highest BCUT2D eigenvalue weighted by atomic mass is 35.5. The molecule has 0 saturated carbocycles. The van der Waals surface area contributed by atoms with Crippen LogP contribution in [0.5, 0.6) is 5.75 Å². The minimum absolute atomic E-state index is 0.0284. The molecule has 0 bridgehead atoms. The van der Waals surface area contributed by atoms with Crippen molar-refractivity contribution in [3.63, 3.8) is 0 Å². The highest BCUT2D eigenvalue weighted by Gasteiger charge is 2.30. The number of ether oxygens (including phenoxy) is 1. The number of halogens is 1. The third-order valence-corrected chi connectivity index (χ3v) is 3.53. The zero-order valence-corrected chi connectivity index (χ0v) is 11.1. The van der Waals surface area contributed by atoms with E-state index in [9.17, 15) is 15.0 Å². The first-order chi connectivity index (χ1) is 9.00. The maximum Gasteiger partial charge on any atom is 0.253 e. The number of benzene rings is 1. The number of aliphatic hydroxyl groups is 1. The fourth-order valence-electron chi connectivity index (χ4n) is 1.96. The second kappa shape index (κ2) is 5.77. The van der Waals surface area contributed by atoms with Crippen molar-refractivity contribution in [1.82, 2.24) is 5.32 Å². The van der Waals surface area contributed by atoms with E-state index in [4.69, 9.17) is 16.3 Å². The highest BCUT2D eigenvalue weighted by Crippen LogP contribution is 2.22. The summed E-state index contributed by atoms with van der Waals surface area (Å²) >= 11 is 5.89. The molecule has 1 heterocycles. The normalized spacial score (nSPS) is 18.0. The van der Waals surface area contributed by atoms with E-state index >= 15 is 0 Å². The van der Waals surface area contributed by atoms with Gasteiger partial charge < -0.3 is 20.3 Å². The number of carbonyl (C=O) groups is 1. The number of rotatable bonds is 3. The van der Waals surface area contributed by atoms with Gasteiger partial charge in [-0.1, -0.05) is 11.6 Å². The Morgan fingerprint density at radius 2 is 2.11 bits per heavy atom. The third-order valence-electron chi connectivity index (χ3n) is 3.20. The number of amides is 1. The van der Waals surface area contributed by atoms with Gasteiger partial charge in [-0.3, -0.25) is 4.79 Å². The number of phenols is 1. The molecule has 1 fully saturated rings. The monoisotopic (exact) mass is 285 g/mol. The zero-order valence-electron chi connectivity index (χ0n) is 10.4. The highest BCUT2D eigenvalue weighted by molar-refractivity contribution is 6.33. The molecule has 1 aromatic carbocycles. The zero-order chi connectivity index (χ0) is 13.9. The summed E-state index contributed by atoms with van der Waals surface area (Å²) in [5.41, 5.74) is -0.741. The molecule has 1 aromatic rings. The topological polar surface area (TPSA) is 78.8 Å². The Hall–Kier alpha value is -1.30. The number of carbonyl (C=O) groups excluding carboxylic acids is 1. The number of hydrogen-bond acceptors (Lipinski definition) is 4. The van der Waals surface area contributed by atoms with Crippen molar-refractivity contribution in [2.24, 2.45) is 0 Å². The molecular weight excluding hydrogens is 270 g/mol. The van der Waals surface area contributed by atoms with Gasteiger partial charge in [0.25, 0.3) is 5.91 Å². The summed E-state index contributed by atoms with van der Waals surface area (Å²) in [6.45, 7) is 1.11. The molecule has 19 heavy (non-hydrogen) atoms. The predicted molar refractivity (Wildman–Crippen MR) is 70.5 cm³/mol. The Balaban J connectivity index is 1.99. The maximum atomic E-state index is 12.0. The van der Waals surface area contributed by atoms with Gasteiger partial charge in [0.05, 0.1) is 16.2 Å². The van der Waals surface area contributed by atoms with Crippen LogP contribution in [0.15, 0.2) is 18.2 Å². The van der Waals surface area contributed by atoms with E-state index in [1.165, 1.54) is 18.2 Å².